The molecule has 3 aromatic rings. The number of nitrogen functional groups attached to an aromatic ring is 1. The van der Waals surface area contributed by atoms with E-state index in [4.69, 9.17) is 22.3 Å². The van der Waals surface area contributed by atoms with Gasteiger partial charge in [-0.3, -0.25) is 24.7 Å². The van der Waals surface area contributed by atoms with Gasteiger partial charge >= 0.3 is 0 Å². The standard InChI is InChI=1S/C28H29ClN6O4/c1-17(36)34(14-4-13-33(2)3)21-9-7-20(8-10-21)31-27(18-5-12-23(30)25(15-18)35(38)39)26-22-11-6-19(29)16-24(22)32-28(26)37/h5-12,15-16,26H,4,13-14,30H2,1-3H3,(H,32,37). The lowest BCUT2D eigenvalue weighted by atomic mass is 9.90. The number of halogens is 1. The van der Waals surface area contributed by atoms with Crippen molar-refractivity contribution < 1.29 is 14.5 Å². The van der Waals surface area contributed by atoms with Gasteiger partial charge in [0.15, 0.2) is 0 Å². The third kappa shape index (κ3) is 6.24. The number of nitrogens with two attached hydrogens (primary N) is 1. The van der Waals surface area contributed by atoms with Gasteiger partial charge in [0.2, 0.25) is 11.8 Å². The lowest BCUT2D eigenvalue weighted by Crippen LogP contribution is -2.31. The van der Waals surface area contributed by atoms with Crippen molar-refractivity contribution in [2.75, 3.05) is 43.1 Å². The van der Waals surface area contributed by atoms with Crippen molar-refractivity contribution in [1.82, 2.24) is 4.90 Å². The minimum Gasteiger partial charge on any atom is -0.393 e. The summed E-state index contributed by atoms with van der Waals surface area (Å²) in [4.78, 5) is 45.0. The molecular formula is C28H29ClN6O4. The fraction of sp³-hybridized carbons (Fsp3) is 0.250. The summed E-state index contributed by atoms with van der Waals surface area (Å²) in [6.07, 6.45) is 0.812. The molecule has 39 heavy (non-hydrogen) atoms. The molecule has 2 amide bonds. The molecule has 0 bridgehead atoms. The molecule has 0 saturated carbocycles. The largest absolute Gasteiger partial charge is 0.393 e. The Kier molecular flexibility index (Phi) is 8.27. The Hall–Kier alpha value is -4.28. The van der Waals surface area contributed by atoms with Crippen molar-refractivity contribution in [3.8, 4) is 0 Å². The van der Waals surface area contributed by atoms with Crippen molar-refractivity contribution in [1.29, 1.82) is 0 Å². The van der Waals surface area contributed by atoms with Crippen LogP contribution in [0.1, 0.15) is 30.4 Å². The minimum absolute atomic E-state index is 0.00843. The van der Waals surface area contributed by atoms with Gasteiger partial charge in [0.05, 0.1) is 16.3 Å². The second-order valence-corrected chi connectivity index (χ2v) is 9.96. The molecule has 3 aromatic carbocycles. The van der Waals surface area contributed by atoms with Gasteiger partial charge in [-0.05, 0) is 75.1 Å². The average molecular weight is 549 g/mol. The normalized spacial score (nSPS) is 14.7. The summed E-state index contributed by atoms with van der Waals surface area (Å²) in [7, 11) is 3.96. The Morgan fingerprint density at radius 2 is 1.82 bits per heavy atom. The summed E-state index contributed by atoms with van der Waals surface area (Å²) in [5.41, 5.74) is 8.71. The highest BCUT2D eigenvalue weighted by Gasteiger charge is 2.36. The lowest BCUT2D eigenvalue weighted by Gasteiger charge is -2.22. The number of benzene rings is 3. The molecular weight excluding hydrogens is 520 g/mol. The SMILES string of the molecule is CC(=O)N(CCCN(C)C)c1ccc(N=C(c2ccc(N)c([N+](=O)[O-])c2)C2C(=O)Nc3cc(Cl)ccc32)cc1. The molecule has 0 fully saturated rings. The highest BCUT2D eigenvalue weighted by Crippen LogP contribution is 2.38. The molecule has 202 valence electrons. The third-order valence-electron chi connectivity index (χ3n) is 6.42. The van der Waals surface area contributed by atoms with E-state index >= 15 is 0 Å². The van der Waals surface area contributed by atoms with Crippen LogP contribution < -0.4 is 16.0 Å². The predicted molar refractivity (Wildman–Crippen MR) is 154 cm³/mol. The lowest BCUT2D eigenvalue weighted by molar-refractivity contribution is -0.383. The van der Waals surface area contributed by atoms with Gasteiger partial charge < -0.3 is 20.9 Å². The van der Waals surface area contributed by atoms with E-state index in [9.17, 15) is 19.7 Å². The van der Waals surface area contributed by atoms with Crippen LogP contribution >= 0.6 is 11.6 Å². The molecule has 1 heterocycles. The zero-order valence-electron chi connectivity index (χ0n) is 21.8. The first-order valence-corrected chi connectivity index (χ1v) is 12.7. The number of fused-ring (bicyclic) bond motifs is 1. The summed E-state index contributed by atoms with van der Waals surface area (Å²) < 4.78 is 0. The van der Waals surface area contributed by atoms with Crippen LogP contribution in [0.5, 0.6) is 0 Å². The number of nitro benzene ring substituents is 1. The molecule has 11 heteroatoms. The van der Waals surface area contributed by atoms with Crippen LogP contribution in [0.3, 0.4) is 0 Å². The number of carbonyl (C=O) groups is 2. The van der Waals surface area contributed by atoms with Crippen molar-refractivity contribution in [3.05, 3.63) is 86.9 Å². The zero-order chi connectivity index (χ0) is 28.3. The highest BCUT2D eigenvalue weighted by atomic mass is 35.5. The molecule has 1 aliphatic heterocycles. The van der Waals surface area contributed by atoms with Gasteiger partial charge in [-0.25, -0.2) is 0 Å². The fourth-order valence-corrected chi connectivity index (χ4v) is 4.69. The summed E-state index contributed by atoms with van der Waals surface area (Å²) >= 11 is 6.13. The number of anilines is 3. The third-order valence-corrected chi connectivity index (χ3v) is 6.66. The number of nitro groups is 1. The van der Waals surface area contributed by atoms with Gasteiger partial charge in [-0.1, -0.05) is 23.7 Å². The van der Waals surface area contributed by atoms with Crippen molar-refractivity contribution >= 4 is 57.6 Å². The van der Waals surface area contributed by atoms with Crippen molar-refractivity contribution in [3.63, 3.8) is 0 Å². The molecule has 0 radical (unpaired) electrons. The Morgan fingerprint density at radius 1 is 1.10 bits per heavy atom. The summed E-state index contributed by atoms with van der Waals surface area (Å²) in [5.74, 6) is -1.23. The summed E-state index contributed by atoms with van der Waals surface area (Å²) in [6, 6.07) is 16.5. The van der Waals surface area contributed by atoms with Gasteiger partial charge in [-0.15, -0.1) is 0 Å². The smallest absolute Gasteiger partial charge is 0.292 e. The minimum atomic E-state index is -0.833. The number of nitrogens with zero attached hydrogens (tertiary/aromatic N) is 4. The average Bonchev–Trinajstić information content (AvgIpc) is 3.20. The molecule has 0 saturated heterocycles. The highest BCUT2D eigenvalue weighted by molar-refractivity contribution is 6.31. The maximum atomic E-state index is 13.2. The van der Waals surface area contributed by atoms with Gasteiger partial charge in [-0.2, -0.15) is 0 Å². The number of hydrogen-bond donors (Lipinski definition) is 2. The van der Waals surface area contributed by atoms with Gasteiger partial charge in [0.25, 0.3) is 5.69 Å². The molecule has 4 rings (SSSR count). The van der Waals surface area contributed by atoms with E-state index in [0.717, 1.165) is 18.7 Å². The molecule has 0 spiro atoms. The van der Waals surface area contributed by atoms with E-state index in [2.05, 4.69) is 10.2 Å². The van der Waals surface area contributed by atoms with Crippen LogP contribution in [-0.4, -0.2) is 54.5 Å². The molecule has 1 unspecified atom stereocenters. The number of nitrogens with one attached hydrogen (secondary N) is 1. The summed E-state index contributed by atoms with van der Waals surface area (Å²) in [5, 5.41) is 14.9. The molecule has 1 aliphatic rings. The van der Waals surface area contributed by atoms with Crippen LogP contribution in [0.2, 0.25) is 5.02 Å². The monoisotopic (exact) mass is 548 g/mol. The molecule has 0 aliphatic carbocycles. The maximum Gasteiger partial charge on any atom is 0.292 e. The first-order valence-electron chi connectivity index (χ1n) is 12.3. The second-order valence-electron chi connectivity index (χ2n) is 9.53. The second kappa shape index (κ2) is 11.6. The Bertz CT molecular complexity index is 1450. The Morgan fingerprint density at radius 3 is 2.46 bits per heavy atom. The van der Waals surface area contributed by atoms with E-state index in [1.165, 1.54) is 19.1 Å². The van der Waals surface area contributed by atoms with Gasteiger partial charge in [0.1, 0.15) is 11.6 Å². The summed E-state index contributed by atoms with van der Waals surface area (Å²) in [6.45, 7) is 2.94. The van der Waals surface area contributed by atoms with E-state index in [0.29, 0.717) is 39.8 Å². The van der Waals surface area contributed by atoms with Crippen molar-refractivity contribution in [2.24, 2.45) is 4.99 Å². The fourth-order valence-electron chi connectivity index (χ4n) is 4.52. The zero-order valence-corrected chi connectivity index (χ0v) is 22.6. The number of rotatable bonds is 9. The number of aliphatic imine (C=N–C) groups is 1. The molecule has 3 N–H and O–H groups in total. The Labute approximate surface area is 231 Å². The number of carbonyl (C=O) groups excluding carboxylic acids is 2. The first-order chi connectivity index (χ1) is 18.5. The maximum absolute atomic E-state index is 13.2. The molecule has 10 nitrogen and oxygen atoms in total. The van der Waals surface area contributed by atoms with Crippen molar-refractivity contribution in [2.45, 2.75) is 19.3 Å². The van der Waals surface area contributed by atoms with Crippen LogP contribution in [-0.2, 0) is 9.59 Å². The van der Waals surface area contributed by atoms with E-state index < -0.39 is 10.8 Å². The van der Waals surface area contributed by atoms with Crippen LogP contribution in [0, 0.1) is 10.1 Å². The molecule has 1 atom stereocenters. The van der Waals surface area contributed by atoms with Crippen LogP contribution in [0.25, 0.3) is 0 Å². The predicted octanol–water partition coefficient (Wildman–Crippen LogP) is 4.99. The van der Waals surface area contributed by atoms with E-state index in [1.807, 2.05) is 14.1 Å². The van der Waals surface area contributed by atoms with Crippen LogP contribution in [0.15, 0.2) is 65.7 Å². The first kappa shape index (κ1) is 27.7. The Balaban J connectivity index is 1.76. The van der Waals surface area contributed by atoms with Gasteiger partial charge in [0, 0.05) is 41.5 Å². The van der Waals surface area contributed by atoms with Crippen LogP contribution in [0.4, 0.5) is 28.4 Å². The van der Waals surface area contributed by atoms with E-state index in [-0.39, 0.29) is 23.2 Å². The molecule has 0 aromatic heterocycles. The number of hydrogen-bond acceptors (Lipinski definition) is 7. The quantitative estimate of drug-likeness (QED) is 0.167. The van der Waals surface area contributed by atoms with E-state index in [1.54, 1.807) is 53.4 Å². The number of amides is 2. The topological polar surface area (TPSA) is 134 Å².